The molecule has 25 heavy (non-hydrogen) atoms. The van der Waals surface area contributed by atoms with Crippen molar-refractivity contribution in [3.63, 3.8) is 0 Å². The Morgan fingerprint density at radius 3 is 2.56 bits per heavy atom. The molecule has 2 rings (SSSR count). The summed E-state index contributed by atoms with van der Waals surface area (Å²) in [6.45, 7) is 4.79. The molecule has 0 atom stereocenters. The quantitative estimate of drug-likeness (QED) is 0.721. The SMILES string of the molecule is CN(C)S(=O)(=O)c1ncn2c(=O)n(CNC(=O)OC(C)(C)C)nnc12. The highest BCUT2D eigenvalue weighted by molar-refractivity contribution is 7.89. The maximum Gasteiger partial charge on any atom is 0.409 e. The summed E-state index contributed by atoms with van der Waals surface area (Å²) in [6, 6.07) is 0. The fraction of sp³-hybridized carbons (Fsp3) is 0.583. The third kappa shape index (κ3) is 3.93. The van der Waals surface area contributed by atoms with Crippen molar-refractivity contribution < 1.29 is 17.9 Å². The highest BCUT2D eigenvalue weighted by Gasteiger charge is 2.26. The van der Waals surface area contributed by atoms with Gasteiger partial charge in [-0.05, 0) is 20.8 Å². The largest absolute Gasteiger partial charge is 0.444 e. The normalized spacial score (nSPS) is 12.6. The summed E-state index contributed by atoms with van der Waals surface area (Å²) in [4.78, 5) is 27.7. The van der Waals surface area contributed by atoms with E-state index in [4.69, 9.17) is 4.74 Å². The number of carbonyl (C=O) groups is 1. The molecule has 13 heteroatoms. The van der Waals surface area contributed by atoms with Gasteiger partial charge in [-0.1, -0.05) is 5.21 Å². The third-order valence-electron chi connectivity index (χ3n) is 2.88. The lowest BCUT2D eigenvalue weighted by atomic mass is 10.2. The Bertz CT molecular complexity index is 954. The first-order valence-electron chi connectivity index (χ1n) is 7.14. The van der Waals surface area contributed by atoms with Crippen LogP contribution in [0.3, 0.4) is 0 Å². The van der Waals surface area contributed by atoms with Gasteiger partial charge < -0.3 is 10.1 Å². The number of amides is 1. The van der Waals surface area contributed by atoms with Crippen LogP contribution in [0.15, 0.2) is 16.1 Å². The van der Waals surface area contributed by atoms with Crippen molar-refractivity contribution in [2.45, 2.75) is 38.1 Å². The molecule has 0 bridgehead atoms. The summed E-state index contributed by atoms with van der Waals surface area (Å²) in [5, 5.41) is 9.31. The van der Waals surface area contributed by atoms with Gasteiger partial charge in [-0.15, -0.1) is 5.10 Å². The number of sulfonamides is 1. The van der Waals surface area contributed by atoms with E-state index in [1.165, 1.54) is 14.1 Å². The molecular formula is C12H19N7O5S. The van der Waals surface area contributed by atoms with E-state index in [-0.39, 0.29) is 17.3 Å². The molecule has 1 N–H and O–H groups in total. The number of imidazole rings is 1. The van der Waals surface area contributed by atoms with Crippen LogP contribution in [0.25, 0.3) is 5.65 Å². The first-order chi connectivity index (χ1) is 11.4. The van der Waals surface area contributed by atoms with Crippen molar-refractivity contribution in [1.82, 2.24) is 34.0 Å². The van der Waals surface area contributed by atoms with E-state index in [1.807, 2.05) is 0 Å². The van der Waals surface area contributed by atoms with Gasteiger partial charge in [-0.2, -0.15) is 4.68 Å². The molecule has 2 aromatic rings. The van der Waals surface area contributed by atoms with Crippen molar-refractivity contribution in [3.8, 4) is 0 Å². The van der Waals surface area contributed by atoms with Crippen molar-refractivity contribution in [2.24, 2.45) is 0 Å². The Morgan fingerprint density at radius 2 is 2.00 bits per heavy atom. The Hall–Kier alpha value is -2.54. The number of aromatic nitrogens is 5. The van der Waals surface area contributed by atoms with Gasteiger partial charge in [0.1, 0.15) is 18.6 Å². The highest BCUT2D eigenvalue weighted by Crippen LogP contribution is 2.13. The van der Waals surface area contributed by atoms with E-state index in [2.05, 4.69) is 20.6 Å². The first kappa shape index (κ1) is 18.8. The molecule has 0 aromatic carbocycles. The lowest BCUT2D eigenvalue weighted by Crippen LogP contribution is -2.39. The monoisotopic (exact) mass is 373 g/mol. The van der Waals surface area contributed by atoms with Gasteiger partial charge in [0, 0.05) is 14.1 Å². The van der Waals surface area contributed by atoms with E-state index >= 15 is 0 Å². The number of hydrogen-bond donors (Lipinski definition) is 1. The maximum absolute atomic E-state index is 12.3. The molecule has 138 valence electrons. The third-order valence-corrected chi connectivity index (χ3v) is 4.62. The zero-order chi connectivity index (χ0) is 19.0. The Labute approximate surface area is 143 Å². The maximum atomic E-state index is 12.3. The minimum Gasteiger partial charge on any atom is -0.444 e. The minimum atomic E-state index is -3.87. The second kappa shape index (κ2) is 6.40. The van der Waals surface area contributed by atoms with E-state index in [0.717, 1.165) is 19.7 Å². The van der Waals surface area contributed by atoms with Gasteiger partial charge >= 0.3 is 11.8 Å². The van der Waals surface area contributed by atoms with E-state index < -0.39 is 27.4 Å². The van der Waals surface area contributed by atoms with Crippen LogP contribution in [0.5, 0.6) is 0 Å². The molecule has 0 saturated heterocycles. The summed E-state index contributed by atoms with van der Waals surface area (Å²) >= 11 is 0. The fourth-order valence-corrected chi connectivity index (χ4v) is 2.62. The van der Waals surface area contributed by atoms with Gasteiger partial charge in [0.2, 0.25) is 10.7 Å². The summed E-state index contributed by atoms with van der Waals surface area (Å²) < 4.78 is 32.1. The Balaban J connectivity index is 2.30. The molecule has 2 heterocycles. The summed E-state index contributed by atoms with van der Waals surface area (Å²) in [5.74, 6) is 0. The standard InChI is InChI=1S/C12H19N7O5S/c1-12(2,3)24-10(20)14-7-19-11(21)18-6-13-9(8(18)15-16-19)25(22,23)17(4)5/h6H,7H2,1-5H3,(H,14,20). The zero-order valence-electron chi connectivity index (χ0n) is 14.4. The summed E-state index contributed by atoms with van der Waals surface area (Å²) in [5.41, 5.74) is -1.61. The predicted molar refractivity (Wildman–Crippen MR) is 85.3 cm³/mol. The minimum absolute atomic E-state index is 0.202. The van der Waals surface area contributed by atoms with Gasteiger partial charge in [-0.25, -0.2) is 31.7 Å². The van der Waals surface area contributed by atoms with Crippen LogP contribution in [0.1, 0.15) is 20.8 Å². The number of nitrogens with zero attached hydrogens (tertiary/aromatic N) is 6. The zero-order valence-corrected chi connectivity index (χ0v) is 15.2. The second-order valence-electron chi connectivity index (χ2n) is 6.24. The van der Waals surface area contributed by atoms with Crippen molar-refractivity contribution >= 4 is 21.8 Å². The smallest absolute Gasteiger partial charge is 0.409 e. The second-order valence-corrected chi connectivity index (χ2v) is 8.31. The first-order valence-corrected chi connectivity index (χ1v) is 8.58. The fourth-order valence-electron chi connectivity index (χ4n) is 1.72. The molecule has 0 saturated carbocycles. The molecule has 0 fully saturated rings. The highest BCUT2D eigenvalue weighted by atomic mass is 32.2. The van der Waals surface area contributed by atoms with Crippen LogP contribution in [-0.2, 0) is 21.4 Å². The number of nitrogens with one attached hydrogen (secondary N) is 1. The van der Waals surface area contributed by atoms with Crippen LogP contribution in [0, 0.1) is 0 Å². The number of carbonyl (C=O) groups excluding carboxylic acids is 1. The molecule has 0 aliphatic carbocycles. The Morgan fingerprint density at radius 1 is 1.36 bits per heavy atom. The van der Waals surface area contributed by atoms with Crippen LogP contribution in [0.2, 0.25) is 0 Å². The van der Waals surface area contributed by atoms with Crippen LogP contribution < -0.4 is 11.0 Å². The molecule has 0 aliphatic rings. The van der Waals surface area contributed by atoms with Crippen molar-refractivity contribution in [1.29, 1.82) is 0 Å². The van der Waals surface area contributed by atoms with Crippen LogP contribution in [0.4, 0.5) is 4.79 Å². The summed E-state index contributed by atoms with van der Waals surface area (Å²) in [6.07, 6.45) is 0.301. The summed E-state index contributed by atoms with van der Waals surface area (Å²) in [7, 11) is -1.21. The van der Waals surface area contributed by atoms with Crippen molar-refractivity contribution in [2.75, 3.05) is 14.1 Å². The van der Waals surface area contributed by atoms with Gasteiger partial charge in [-0.3, -0.25) is 0 Å². The number of fused-ring (bicyclic) bond motifs is 1. The van der Waals surface area contributed by atoms with E-state index in [1.54, 1.807) is 20.8 Å². The molecule has 0 radical (unpaired) electrons. The molecule has 2 aromatic heterocycles. The van der Waals surface area contributed by atoms with Gasteiger partial charge in [0.15, 0.2) is 0 Å². The number of hydrogen-bond acceptors (Lipinski definition) is 8. The molecule has 0 unspecified atom stereocenters. The lowest BCUT2D eigenvalue weighted by molar-refractivity contribution is 0.0506. The molecule has 12 nitrogen and oxygen atoms in total. The lowest BCUT2D eigenvalue weighted by Gasteiger charge is -2.19. The molecule has 0 spiro atoms. The van der Waals surface area contributed by atoms with Crippen LogP contribution >= 0.6 is 0 Å². The average molecular weight is 373 g/mol. The van der Waals surface area contributed by atoms with Crippen LogP contribution in [-0.4, -0.2) is 62.9 Å². The Kier molecular flexibility index (Phi) is 4.81. The number of alkyl carbamates (subject to hydrolysis) is 1. The van der Waals surface area contributed by atoms with E-state index in [0.29, 0.717) is 0 Å². The topological polar surface area (TPSA) is 141 Å². The predicted octanol–water partition coefficient (Wildman–Crippen LogP) is -0.981. The average Bonchev–Trinajstić information content (AvgIpc) is 2.90. The molecule has 0 aliphatic heterocycles. The van der Waals surface area contributed by atoms with Gasteiger partial charge in [0.05, 0.1) is 0 Å². The number of ether oxygens (including phenoxy) is 1. The molecule has 1 amide bonds. The number of rotatable bonds is 4. The van der Waals surface area contributed by atoms with Gasteiger partial charge in [0.25, 0.3) is 10.0 Å². The van der Waals surface area contributed by atoms with Crippen molar-refractivity contribution in [3.05, 3.63) is 16.8 Å². The van der Waals surface area contributed by atoms with E-state index in [9.17, 15) is 18.0 Å². The molecular weight excluding hydrogens is 354 g/mol.